The van der Waals surface area contributed by atoms with E-state index in [9.17, 15) is 4.79 Å². The number of benzene rings is 2. The molecule has 1 aliphatic heterocycles. The van der Waals surface area contributed by atoms with Gasteiger partial charge in [-0.15, -0.1) is 0 Å². The molecule has 0 bridgehead atoms. The fraction of sp³-hybridized carbons (Fsp3) is 0.435. The monoisotopic (exact) mass is 365 g/mol. The molecule has 0 radical (unpaired) electrons. The number of carbonyl (C=O) groups is 1. The van der Waals surface area contributed by atoms with Crippen LogP contribution in [-0.2, 0) is 11.2 Å². The molecule has 0 saturated carbocycles. The predicted octanol–water partition coefficient (Wildman–Crippen LogP) is 3.64. The van der Waals surface area contributed by atoms with Gasteiger partial charge in [0.1, 0.15) is 0 Å². The van der Waals surface area contributed by atoms with Gasteiger partial charge in [-0.05, 0) is 49.2 Å². The predicted molar refractivity (Wildman–Crippen MR) is 112 cm³/mol. The number of anilines is 1. The molecule has 1 amide bonds. The van der Waals surface area contributed by atoms with Crippen LogP contribution < -0.4 is 10.2 Å². The van der Waals surface area contributed by atoms with Gasteiger partial charge in [0.25, 0.3) is 0 Å². The zero-order valence-electron chi connectivity index (χ0n) is 16.5. The number of carbonyl (C=O) groups excluding carboxylic acids is 1. The second kappa shape index (κ2) is 9.56. The summed E-state index contributed by atoms with van der Waals surface area (Å²) in [6.45, 7) is 2.87. The fourth-order valence-corrected chi connectivity index (χ4v) is 3.74. The molecule has 4 nitrogen and oxygen atoms in total. The fourth-order valence-electron chi connectivity index (χ4n) is 3.74. The Morgan fingerprint density at radius 1 is 1.00 bits per heavy atom. The SMILES string of the molecule is CN(C)c1ccc(C(CNC(=O)Cc2ccccc2)N2CCCCC2)cc1. The minimum atomic E-state index is 0.0909. The van der Waals surface area contributed by atoms with Gasteiger partial charge < -0.3 is 10.2 Å². The maximum atomic E-state index is 12.4. The van der Waals surface area contributed by atoms with Crippen molar-refractivity contribution < 1.29 is 4.79 Å². The van der Waals surface area contributed by atoms with Crippen LogP contribution in [0, 0.1) is 0 Å². The van der Waals surface area contributed by atoms with Gasteiger partial charge >= 0.3 is 0 Å². The molecule has 0 spiro atoms. The minimum Gasteiger partial charge on any atom is -0.378 e. The summed E-state index contributed by atoms with van der Waals surface area (Å²) in [6, 6.07) is 18.9. The highest BCUT2D eigenvalue weighted by molar-refractivity contribution is 5.78. The van der Waals surface area contributed by atoms with E-state index in [4.69, 9.17) is 0 Å². The Morgan fingerprint density at radius 3 is 2.30 bits per heavy atom. The number of nitrogens with one attached hydrogen (secondary N) is 1. The van der Waals surface area contributed by atoms with E-state index in [1.54, 1.807) is 0 Å². The van der Waals surface area contributed by atoms with Crippen LogP contribution in [0.25, 0.3) is 0 Å². The van der Waals surface area contributed by atoms with Crippen molar-refractivity contribution in [1.29, 1.82) is 0 Å². The topological polar surface area (TPSA) is 35.6 Å². The summed E-state index contributed by atoms with van der Waals surface area (Å²) < 4.78 is 0. The van der Waals surface area contributed by atoms with Crippen molar-refractivity contribution in [2.45, 2.75) is 31.7 Å². The molecule has 27 heavy (non-hydrogen) atoms. The minimum absolute atomic E-state index is 0.0909. The maximum Gasteiger partial charge on any atom is 0.224 e. The molecule has 4 heteroatoms. The van der Waals surface area contributed by atoms with Crippen molar-refractivity contribution in [2.24, 2.45) is 0 Å². The standard InChI is InChI=1S/C23H31N3O/c1-25(2)21-13-11-20(12-14-21)22(26-15-7-4-8-16-26)18-24-23(27)17-19-9-5-3-6-10-19/h3,5-6,9-14,22H,4,7-8,15-18H2,1-2H3,(H,24,27). The number of hydrogen-bond donors (Lipinski definition) is 1. The van der Waals surface area contributed by atoms with Gasteiger partial charge in [-0.1, -0.05) is 48.9 Å². The molecule has 2 aromatic rings. The maximum absolute atomic E-state index is 12.4. The molecular weight excluding hydrogens is 334 g/mol. The summed E-state index contributed by atoms with van der Waals surface area (Å²) in [7, 11) is 4.11. The average molecular weight is 366 g/mol. The van der Waals surface area contributed by atoms with Crippen LogP contribution in [-0.4, -0.2) is 44.5 Å². The Kier molecular flexibility index (Phi) is 6.88. The zero-order valence-corrected chi connectivity index (χ0v) is 16.5. The van der Waals surface area contributed by atoms with Gasteiger partial charge in [-0.25, -0.2) is 0 Å². The van der Waals surface area contributed by atoms with Crippen LogP contribution in [0.3, 0.4) is 0 Å². The molecule has 1 heterocycles. The van der Waals surface area contributed by atoms with E-state index in [2.05, 4.69) is 53.5 Å². The molecule has 1 atom stereocenters. The lowest BCUT2D eigenvalue weighted by atomic mass is 10.0. The third-order valence-electron chi connectivity index (χ3n) is 5.33. The normalized spacial score (nSPS) is 15.9. The number of likely N-dealkylation sites (tertiary alicyclic amines) is 1. The lowest BCUT2D eigenvalue weighted by molar-refractivity contribution is -0.120. The highest BCUT2D eigenvalue weighted by Gasteiger charge is 2.23. The Hall–Kier alpha value is -2.33. The third-order valence-corrected chi connectivity index (χ3v) is 5.33. The summed E-state index contributed by atoms with van der Waals surface area (Å²) >= 11 is 0. The molecule has 3 rings (SSSR count). The van der Waals surface area contributed by atoms with Crippen molar-refractivity contribution in [2.75, 3.05) is 38.6 Å². The van der Waals surface area contributed by atoms with E-state index in [0.29, 0.717) is 13.0 Å². The average Bonchev–Trinajstić information content (AvgIpc) is 2.70. The van der Waals surface area contributed by atoms with Gasteiger partial charge in [0.15, 0.2) is 0 Å². The molecule has 1 N–H and O–H groups in total. The summed E-state index contributed by atoms with van der Waals surface area (Å²) in [5.41, 5.74) is 3.53. The van der Waals surface area contributed by atoms with Crippen LogP contribution in [0.2, 0.25) is 0 Å². The van der Waals surface area contributed by atoms with E-state index in [0.717, 1.165) is 18.7 Å². The third kappa shape index (κ3) is 5.57. The number of rotatable bonds is 7. The van der Waals surface area contributed by atoms with Gasteiger partial charge in [-0.3, -0.25) is 9.69 Å². The first-order valence-corrected chi connectivity index (χ1v) is 9.95. The van der Waals surface area contributed by atoms with Gasteiger partial charge in [0, 0.05) is 26.3 Å². The first-order valence-electron chi connectivity index (χ1n) is 9.95. The highest BCUT2D eigenvalue weighted by Crippen LogP contribution is 2.26. The second-order valence-corrected chi connectivity index (χ2v) is 7.56. The van der Waals surface area contributed by atoms with Gasteiger partial charge in [0.2, 0.25) is 5.91 Å². The Balaban J connectivity index is 1.67. The summed E-state index contributed by atoms with van der Waals surface area (Å²) in [4.78, 5) is 17.1. The number of piperidine rings is 1. The van der Waals surface area contributed by atoms with E-state index < -0.39 is 0 Å². The Labute approximate surface area is 163 Å². The summed E-state index contributed by atoms with van der Waals surface area (Å²) in [5.74, 6) is 0.0909. The molecule has 0 aliphatic carbocycles. The van der Waals surface area contributed by atoms with Gasteiger partial charge in [0.05, 0.1) is 12.5 Å². The van der Waals surface area contributed by atoms with E-state index in [1.165, 1.54) is 30.5 Å². The Morgan fingerprint density at radius 2 is 1.67 bits per heavy atom. The first kappa shape index (κ1) is 19.4. The van der Waals surface area contributed by atoms with Crippen LogP contribution in [0.1, 0.15) is 36.4 Å². The van der Waals surface area contributed by atoms with Gasteiger partial charge in [-0.2, -0.15) is 0 Å². The van der Waals surface area contributed by atoms with Crippen molar-refractivity contribution >= 4 is 11.6 Å². The van der Waals surface area contributed by atoms with E-state index >= 15 is 0 Å². The molecule has 1 fully saturated rings. The summed E-state index contributed by atoms with van der Waals surface area (Å²) in [5, 5.41) is 3.17. The second-order valence-electron chi connectivity index (χ2n) is 7.56. The quantitative estimate of drug-likeness (QED) is 0.814. The zero-order chi connectivity index (χ0) is 19.1. The molecule has 1 unspecified atom stereocenters. The van der Waals surface area contributed by atoms with Crippen molar-refractivity contribution in [3.05, 3.63) is 65.7 Å². The van der Waals surface area contributed by atoms with Crippen LogP contribution >= 0.6 is 0 Å². The van der Waals surface area contributed by atoms with E-state index in [-0.39, 0.29) is 11.9 Å². The van der Waals surface area contributed by atoms with Crippen molar-refractivity contribution in [3.8, 4) is 0 Å². The number of amides is 1. The molecule has 144 valence electrons. The van der Waals surface area contributed by atoms with Crippen LogP contribution in [0.5, 0.6) is 0 Å². The van der Waals surface area contributed by atoms with Crippen LogP contribution in [0.15, 0.2) is 54.6 Å². The van der Waals surface area contributed by atoms with Crippen molar-refractivity contribution in [3.63, 3.8) is 0 Å². The van der Waals surface area contributed by atoms with Crippen LogP contribution in [0.4, 0.5) is 5.69 Å². The molecule has 1 saturated heterocycles. The molecule has 1 aliphatic rings. The molecule has 2 aromatic carbocycles. The molecular formula is C23H31N3O. The number of hydrogen-bond acceptors (Lipinski definition) is 3. The summed E-state index contributed by atoms with van der Waals surface area (Å²) in [6.07, 6.45) is 4.23. The highest BCUT2D eigenvalue weighted by atomic mass is 16.1. The lowest BCUT2D eigenvalue weighted by Crippen LogP contribution is -2.41. The smallest absolute Gasteiger partial charge is 0.224 e. The molecule has 0 aromatic heterocycles. The Bertz CT molecular complexity index is 706. The number of nitrogens with zero attached hydrogens (tertiary/aromatic N) is 2. The first-order chi connectivity index (χ1) is 13.1. The lowest BCUT2D eigenvalue weighted by Gasteiger charge is -2.35. The largest absolute Gasteiger partial charge is 0.378 e. The van der Waals surface area contributed by atoms with Crippen molar-refractivity contribution in [1.82, 2.24) is 10.2 Å². The van der Waals surface area contributed by atoms with E-state index in [1.807, 2.05) is 30.3 Å².